The Labute approximate surface area is 98.7 Å². The van der Waals surface area contributed by atoms with Crippen molar-refractivity contribution in [3.63, 3.8) is 0 Å². The zero-order valence-electron chi connectivity index (χ0n) is 9.90. The molecule has 0 aromatic heterocycles. The van der Waals surface area contributed by atoms with Crippen LogP contribution in [-0.4, -0.2) is 25.5 Å². The molecule has 0 saturated heterocycles. The monoisotopic (exact) mass is 245 g/mol. The fraction of sp³-hybridized carbons (Fsp3) is 1.00. The van der Waals surface area contributed by atoms with E-state index in [0.29, 0.717) is 6.54 Å². The smallest absolute Gasteiger partial charge is 0.156 e. The first-order valence-electron chi connectivity index (χ1n) is 6.59. The highest BCUT2D eigenvalue weighted by Crippen LogP contribution is 2.36. The maximum absolute atomic E-state index is 12.5. The third-order valence-electron chi connectivity index (χ3n) is 4.33. The van der Waals surface area contributed by atoms with Crippen LogP contribution in [0.1, 0.15) is 51.4 Å². The lowest BCUT2D eigenvalue weighted by Gasteiger charge is -2.27. The fourth-order valence-corrected chi connectivity index (χ4v) is 6.11. The second-order valence-corrected chi connectivity index (χ2v) is 7.76. The normalized spacial score (nSPS) is 33.1. The molecule has 2 atom stereocenters. The molecule has 2 saturated carbocycles. The minimum Gasteiger partial charge on any atom is -0.330 e. The minimum absolute atomic E-state index is 0.0570. The van der Waals surface area contributed by atoms with Crippen LogP contribution in [0.5, 0.6) is 0 Å². The largest absolute Gasteiger partial charge is 0.330 e. The fourth-order valence-electron chi connectivity index (χ4n) is 3.35. The van der Waals surface area contributed by atoms with Crippen molar-refractivity contribution >= 4 is 9.84 Å². The van der Waals surface area contributed by atoms with E-state index < -0.39 is 9.84 Å². The van der Waals surface area contributed by atoms with Gasteiger partial charge in [-0.25, -0.2) is 8.42 Å². The van der Waals surface area contributed by atoms with E-state index in [2.05, 4.69) is 0 Å². The number of hydrogen-bond donors (Lipinski definition) is 1. The predicted molar refractivity (Wildman–Crippen MR) is 66.0 cm³/mol. The van der Waals surface area contributed by atoms with E-state index in [1.165, 1.54) is 6.42 Å². The quantitative estimate of drug-likeness (QED) is 0.825. The van der Waals surface area contributed by atoms with Gasteiger partial charge in [-0.3, -0.25) is 0 Å². The topological polar surface area (TPSA) is 60.2 Å². The summed E-state index contributed by atoms with van der Waals surface area (Å²) in [5, 5.41) is -0.181. The van der Waals surface area contributed by atoms with E-state index in [4.69, 9.17) is 5.73 Å². The molecule has 0 radical (unpaired) electrons. The van der Waals surface area contributed by atoms with Gasteiger partial charge in [0.2, 0.25) is 0 Å². The third-order valence-corrected chi connectivity index (χ3v) is 7.20. The van der Waals surface area contributed by atoms with Crippen molar-refractivity contribution in [3.05, 3.63) is 0 Å². The first-order valence-corrected chi connectivity index (χ1v) is 8.20. The number of rotatable bonds is 3. The van der Waals surface area contributed by atoms with Gasteiger partial charge < -0.3 is 5.73 Å². The maximum Gasteiger partial charge on any atom is 0.156 e. The summed E-state index contributed by atoms with van der Waals surface area (Å²) in [7, 11) is -2.90. The molecule has 2 N–H and O–H groups in total. The summed E-state index contributed by atoms with van der Waals surface area (Å²) < 4.78 is 25.0. The standard InChI is InChI=1S/C12H23NO2S/c13-9-10-5-4-8-12(10)16(14,15)11-6-2-1-3-7-11/h10-12H,1-9,13H2. The van der Waals surface area contributed by atoms with Crippen molar-refractivity contribution in [2.24, 2.45) is 11.7 Å². The summed E-state index contributed by atoms with van der Waals surface area (Å²) in [6.07, 6.45) is 8.05. The van der Waals surface area contributed by atoms with Gasteiger partial charge in [0, 0.05) is 0 Å². The highest BCUT2D eigenvalue weighted by molar-refractivity contribution is 7.92. The van der Waals surface area contributed by atoms with Gasteiger partial charge in [-0.2, -0.15) is 0 Å². The predicted octanol–water partition coefficient (Wildman–Crippen LogP) is 1.86. The van der Waals surface area contributed by atoms with E-state index in [1.807, 2.05) is 0 Å². The van der Waals surface area contributed by atoms with Crippen molar-refractivity contribution < 1.29 is 8.42 Å². The van der Waals surface area contributed by atoms with Crippen LogP contribution in [0.4, 0.5) is 0 Å². The van der Waals surface area contributed by atoms with E-state index >= 15 is 0 Å². The molecule has 0 heterocycles. The van der Waals surface area contributed by atoms with Crippen molar-refractivity contribution in [1.82, 2.24) is 0 Å². The zero-order valence-corrected chi connectivity index (χ0v) is 10.7. The molecule has 94 valence electrons. The van der Waals surface area contributed by atoms with Crippen LogP contribution < -0.4 is 5.73 Å². The SMILES string of the molecule is NCC1CCCC1S(=O)(=O)C1CCCCC1. The van der Waals surface area contributed by atoms with Crippen LogP contribution in [0.2, 0.25) is 0 Å². The molecule has 0 amide bonds. The second-order valence-electron chi connectivity index (χ2n) is 5.31. The van der Waals surface area contributed by atoms with Crippen LogP contribution in [0.25, 0.3) is 0 Å². The molecular weight excluding hydrogens is 222 g/mol. The zero-order chi connectivity index (χ0) is 11.6. The van der Waals surface area contributed by atoms with Crippen molar-refractivity contribution in [2.75, 3.05) is 6.54 Å². The molecule has 0 aromatic rings. The average molecular weight is 245 g/mol. The molecule has 0 bridgehead atoms. The molecule has 0 aliphatic heterocycles. The molecule has 2 aliphatic carbocycles. The van der Waals surface area contributed by atoms with Gasteiger partial charge in [-0.15, -0.1) is 0 Å². The lowest BCUT2D eigenvalue weighted by molar-refractivity contribution is 0.463. The number of sulfone groups is 1. The molecule has 0 aromatic carbocycles. The molecule has 0 spiro atoms. The maximum atomic E-state index is 12.5. The van der Waals surface area contributed by atoms with E-state index in [1.54, 1.807) is 0 Å². The molecule has 4 heteroatoms. The van der Waals surface area contributed by atoms with E-state index in [0.717, 1.165) is 44.9 Å². The Morgan fingerprint density at radius 1 is 0.938 bits per heavy atom. The Morgan fingerprint density at radius 3 is 2.25 bits per heavy atom. The lowest BCUT2D eigenvalue weighted by Crippen LogP contribution is -2.38. The molecule has 2 unspecified atom stereocenters. The third kappa shape index (κ3) is 2.28. The number of nitrogens with two attached hydrogens (primary N) is 1. The Bertz CT molecular complexity index is 320. The molecular formula is C12H23NO2S. The Balaban J connectivity index is 2.11. The van der Waals surface area contributed by atoms with E-state index in [9.17, 15) is 8.42 Å². The summed E-state index contributed by atoms with van der Waals surface area (Å²) in [6, 6.07) is 0. The Morgan fingerprint density at radius 2 is 1.62 bits per heavy atom. The average Bonchev–Trinajstić information content (AvgIpc) is 2.79. The molecule has 2 aliphatic rings. The summed E-state index contributed by atoms with van der Waals surface area (Å²) >= 11 is 0. The van der Waals surface area contributed by atoms with Crippen molar-refractivity contribution in [2.45, 2.75) is 61.9 Å². The van der Waals surface area contributed by atoms with Gasteiger partial charge >= 0.3 is 0 Å². The Kier molecular flexibility index (Phi) is 3.90. The van der Waals surface area contributed by atoms with Gasteiger partial charge in [-0.1, -0.05) is 25.7 Å². The van der Waals surface area contributed by atoms with Gasteiger partial charge in [0.15, 0.2) is 9.84 Å². The van der Waals surface area contributed by atoms with Crippen LogP contribution in [0, 0.1) is 5.92 Å². The lowest BCUT2D eigenvalue weighted by atomic mass is 10.0. The summed E-state index contributed by atoms with van der Waals surface area (Å²) in [4.78, 5) is 0. The van der Waals surface area contributed by atoms with Gasteiger partial charge in [0.25, 0.3) is 0 Å². The molecule has 3 nitrogen and oxygen atoms in total. The first-order chi connectivity index (χ1) is 7.66. The molecule has 2 fully saturated rings. The van der Waals surface area contributed by atoms with Crippen LogP contribution in [0.15, 0.2) is 0 Å². The van der Waals surface area contributed by atoms with Gasteiger partial charge in [-0.05, 0) is 38.1 Å². The van der Waals surface area contributed by atoms with Crippen LogP contribution >= 0.6 is 0 Å². The van der Waals surface area contributed by atoms with Crippen molar-refractivity contribution in [1.29, 1.82) is 0 Å². The summed E-state index contributed by atoms with van der Waals surface area (Å²) in [6.45, 7) is 0.538. The van der Waals surface area contributed by atoms with E-state index in [-0.39, 0.29) is 16.4 Å². The van der Waals surface area contributed by atoms with Gasteiger partial charge in [0.1, 0.15) is 0 Å². The summed E-state index contributed by atoms with van der Waals surface area (Å²) in [5.74, 6) is 0.229. The van der Waals surface area contributed by atoms with Crippen LogP contribution in [-0.2, 0) is 9.84 Å². The molecule has 2 rings (SSSR count). The Hall–Kier alpha value is -0.0900. The highest BCUT2D eigenvalue weighted by Gasteiger charge is 2.41. The van der Waals surface area contributed by atoms with Crippen molar-refractivity contribution in [3.8, 4) is 0 Å². The number of hydrogen-bond acceptors (Lipinski definition) is 3. The molecule has 16 heavy (non-hydrogen) atoms. The highest BCUT2D eigenvalue weighted by atomic mass is 32.2. The summed E-state index contributed by atoms with van der Waals surface area (Å²) in [5.41, 5.74) is 5.69. The van der Waals surface area contributed by atoms with Crippen LogP contribution in [0.3, 0.4) is 0 Å². The van der Waals surface area contributed by atoms with Gasteiger partial charge in [0.05, 0.1) is 10.5 Å². The first kappa shape index (κ1) is 12.4. The second kappa shape index (κ2) is 5.05. The minimum atomic E-state index is -2.90.